The number of hydrogen-bond donors (Lipinski definition) is 3. The SMILES string of the molecule is NC[C@@H]1O[C@H](C2CCN(CCc3ccc(C(F)(F)F)cc3)CC2)Cc2c1ccc(O)c2O. The minimum Gasteiger partial charge on any atom is -0.504 e. The van der Waals surface area contributed by atoms with Crippen molar-refractivity contribution < 1.29 is 28.1 Å². The topological polar surface area (TPSA) is 79.0 Å². The lowest BCUT2D eigenvalue weighted by molar-refractivity contribution is -0.137. The van der Waals surface area contributed by atoms with E-state index in [0.29, 0.717) is 25.3 Å². The first-order valence-corrected chi connectivity index (χ1v) is 11.0. The van der Waals surface area contributed by atoms with E-state index in [-0.39, 0.29) is 23.7 Å². The van der Waals surface area contributed by atoms with E-state index >= 15 is 0 Å². The second kappa shape index (κ2) is 9.29. The predicted octanol–water partition coefficient (Wildman–Crippen LogP) is 4.01. The van der Waals surface area contributed by atoms with E-state index in [1.165, 1.54) is 6.07 Å². The number of piperidine rings is 1. The van der Waals surface area contributed by atoms with Crippen LogP contribution in [0.2, 0.25) is 0 Å². The Morgan fingerprint density at radius 3 is 2.34 bits per heavy atom. The zero-order valence-electron chi connectivity index (χ0n) is 17.8. The Kier molecular flexibility index (Phi) is 6.65. The van der Waals surface area contributed by atoms with E-state index in [4.69, 9.17) is 10.5 Å². The molecule has 8 heteroatoms. The van der Waals surface area contributed by atoms with Gasteiger partial charge in [-0.25, -0.2) is 0 Å². The summed E-state index contributed by atoms with van der Waals surface area (Å²) in [7, 11) is 0. The zero-order valence-corrected chi connectivity index (χ0v) is 17.8. The van der Waals surface area contributed by atoms with Crippen LogP contribution in [0, 0.1) is 5.92 Å². The average Bonchev–Trinajstić information content (AvgIpc) is 2.79. The molecule has 0 saturated carbocycles. The molecule has 0 aromatic heterocycles. The summed E-state index contributed by atoms with van der Waals surface area (Å²) in [6.07, 6.45) is -1.55. The number of aromatic hydroxyl groups is 2. The molecule has 5 nitrogen and oxygen atoms in total. The number of nitrogens with zero attached hydrogens (tertiary/aromatic N) is 1. The summed E-state index contributed by atoms with van der Waals surface area (Å²) < 4.78 is 44.4. The van der Waals surface area contributed by atoms with E-state index < -0.39 is 11.7 Å². The first kappa shape index (κ1) is 22.9. The summed E-state index contributed by atoms with van der Waals surface area (Å²) in [6, 6.07) is 8.62. The fraction of sp³-hybridized carbons (Fsp3) is 0.500. The summed E-state index contributed by atoms with van der Waals surface area (Å²) in [6.45, 7) is 2.88. The maximum atomic E-state index is 12.7. The van der Waals surface area contributed by atoms with Gasteiger partial charge in [-0.2, -0.15) is 13.2 Å². The average molecular weight is 451 g/mol. The molecule has 4 rings (SSSR count). The largest absolute Gasteiger partial charge is 0.504 e. The van der Waals surface area contributed by atoms with E-state index in [0.717, 1.165) is 61.3 Å². The molecule has 2 atom stereocenters. The van der Waals surface area contributed by atoms with Crippen LogP contribution in [0.5, 0.6) is 11.5 Å². The van der Waals surface area contributed by atoms with Crippen molar-refractivity contribution in [2.24, 2.45) is 11.7 Å². The third kappa shape index (κ3) is 4.87. The van der Waals surface area contributed by atoms with Gasteiger partial charge in [-0.1, -0.05) is 18.2 Å². The first-order chi connectivity index (χ1) is 15.3. The summed E-state index contributed by atoms with van der Waals surface area (Å²) in [5, 5.41) is 20.2. The van der Waals surface area contributed by atoms with Gasteiger partial charge in [-0.15, -0.1) is 0 Å². The number of benzene rings is 2. The number of fused-ring (bicyclic) bond motifs is 1. The molecule has 1 fully saturated rings. The van der Waals surface area contributed by atoms with Gasteiger partial charge in [0.2, 0.25) is 0 Å². The maximum Gasteiger partial charge on any atom is 0.416 e. The second-order valence-electron chi connectivity index (χ2n) is 8.73. The number of nitrogens with two attached hydrogens (primary N) is 1. The summed E-state index contributed by atoms with van der Waals surface area (Å²) >= 11 is 0. The highest BCUT2D eigenvalue weighted by atomic mass is 19.4. The van der Waals surface area contributed by atoms with Crippen molar-refractivity contribution in [2.45, 2.75) is 44.1 Å². The number of hydrogen-bond acceptors (Lipinski definition) is 5. The molecule has 2 heterocycles. The molecule has 0 radical (unpaired) electrons. The van der Waals surface area contributed by atoms with E-state index in [1.54, 1.807) is 18.2 Å². The number of halogens is 3. The van der Waals surface area contributed by atoms with Gasteiger partial charge in [0.15, 0.2) is 11.5 Å². The lowest BCUT2D eigenvalue weighted by atomic mass is 9.83. The van der Waals surface area contributed by atoms with Crippen molar-refractivity contribution in [3.63, 3.8) is 0 Å². The van der Waals surface area contributed by atoms with E-state index in [2.05, 4.69) is 4.90 Å². The van der Waals surface area contributed by atoms with E-state index in [9.17, 15) is 23.4 Å². The highest BCUT2D eigenvalue weighted by Crippen LogP contribution is 2.42. The molecule has 1 saturated heterocycles. The van der Waals surface area contributed by atoms with Crippen LogP contribution in [0.25, 0.3) is 0 Å². The van der Waals surface area contributed by atoms with Crippen molar-refractivity contribution in [1.29, 1.82) is 0 Å². The maximum absolute atomic E-state index is 12.7. The third-order valence-corrected chi connectivity index (χ3v) is 6.76. The number of rotatable bonds is 5. The number of phenolic OH excluding ortho intramolecular Hbond substituents is 2. The molecule has 32 heavy (non-hydrogen) atoms. The molecular weight excluding hydrogens is 421 g/mol. The highest BCUT2D eigenvalue weighted by molar-refractivity contribution is 5.51. The Morgan fingerprint density at radius 1 is 1.03 bits per heavy atom. The fourth-order valence-electron chi connectivity index (χ4n) is 4.85. The molecule has 0 spiro atoms. The van der Waals surface area contributed by atoms with Crippen LogP contribution in [0.3, 0.4) is 0 Å². The van der Waals surface area contributed by atoms with Crippen LogP contribution in [-0.4, -0.2) is 47.4 Å². The van der Waals surface area contributed by atoms with Crippen LogP contribution in [0.4, 0.5) is 13.2 Å². The van der Waals surface area contributed by atoms with Gasteiger partial charge in [0.05, 0.1) is 17.8 Å². The molecule has 2 aliphatic rings. The number of likely N-dealkylation sites (tertiary alicyclic amines) is 1. The van der Waals surface area contributed by atoms with Crippen molar-refractivity contribution in [3.05, 3.63) is 58.7 Å². The van der Waals surface area contributed by atoms with Crippen molar-refractivity contribution in [3.8, 4) is 11.5 Å². The molecule has 0 amide bonds. The monoisotopic (exact) mass is 450 g/mol. The Hall–Kier alpha value is -2.29. The molecule has 0 bridgehead atoms. The molecule has 2 aliphatic heterocycles. The standard InChI is InChI=1S/C24H29F3N2O3/c25-24(26,27)17-3-1-15(2-4-17)7-10-29-11-8-16(9-12-29)21-13-19-18(22(14-28)32-21)5-6-20(30)23(19)31/h1-6,16,21-22,30-31H,7-14,28H2/t21-,22-/m0/s1. The third-order valence-electron chi connectivity index (χ3n) is 6.76. The Morgan fingerprint density at radius 2 is 1.72 bits per heavy atom. The van der Waals surface area contributed by atoms with Gasteiger partial charge in [0.25, 0.3) is 0 Å². The fourth-order valence-corrected chi connectivity index (χ4v) is 4.85. The minimum atomic E-state index is -4.30. The number of alkyl halides is 3. The quantitative estimate of drug-likeness (QED) is 0.600. The molecule has 174 valence electrons. The lowest BCUT2D eigenvalue weighted by Crippen LogP contribution is -2.42. The van der Waals surface area contributed by atoms with Gasteiger partial charge in [-0.3, -0.25) is 0 Å². The molecule has 0 unspecified atom stereocenters. The molecule has 4 N–H and O–H groups in total. The number of ether oxygens (including phenoxy) is 1. The van der Waals surface area contributed by atoms with Crippen molar-refractivity contribution in [1.82, 2.24) is 4.90 Å². The molecule has 2 aromatic carbocycles. The summed E-state index contributed by atoms with van der Waals surface area (Å²) in [5.74, 6) is 0.114. The van der Waals surface area contributed by atoms with Gasteiger partial charge in [0.1, 0.15) is 0 Å². The van der Waals surface area contributed by atoms with Gasteiger partial charge >= 0.3 is 6.18 Å². The summed E-state index contributed by atoms with van der Waals surface area (Å²) in [5.41, 5.74) is 7.75. The lowest BCUT2D eigenvalue weighted by Gasteiger charge is -2.40. The first-order valence-electron chi connectivity index (χ1n) is 11.0. The van der Waals surface area contributed by atoms with Crippen molar-refractivity contribution >= 4 is 0 Å². The van der Waals surface area contributed by atoms with Gasteiger partial charge in [-0.05, 0) is 67.6 Å². The number of phenols is 2. The van der Waals surface area contributed by atoms with Gasteiger partial charge < -0.3 is 25.6 Å². The molecular formula is C24H29F3N2O3. The van der Waals surface area contributed by atoms with Gasteiger partial charge in [0, 0.05) is 25.1 Å². The zero-order chi connectivity index (χ0) is 22.9. The smallest absolute Gasteiger partial charge is 0.416 e. The summed E-state index contributed by atoms with van der Waals surface area (Å²) in [4.78, 5) is 2.33. The predicted molar refractivity (Wildman–Crippen MR) is 114 cm³/mol. The molecule has 2 aromatic rings. The van der Waals surface area contributed by atoms with Crippen LogP contribution in [0.1, 0.15) is 41.2 Å². The molecule has 0 aliphatic carbocycles. The Labute approximate surface area is 185 Å². The normalized spacial score (nSPS) is 22.6. The van der Waals surface area contributed by atoms with E-state index in [1.807, 2.05) is 0 Å². The van der Waals surface area contributed by atoms with Crippen LogP contribution in [0.15, 0.2) is 36.4 Å². The second-order valence-corrected chi connectivity index (χ2v) is 8.73. The Bertz CT molecular complexity index is 925. The van der Waals surface area contributed by atoms with Crippen molar-refractivity contribution in [2.75, 3.05) is 26.2 Å². The van der Waals surface area contributed by atoms with Crippen LogP contribution in [-0.2, 0) is 23.8 Å². The van der Waals surface area contributed by atoms with Crippen LogP contribution >= 0.6 is 0 Å². The minimum absolute atomic E-state index is 0.0687. The van der Waals surface area contributed by atoms with Crippen LogP contribution < -0.4 is 5.73 Å². The Balaban J connectivity index is 1.31. The highest BCUT2D eigenvalue weighted by Gasteiger charge is 2.35.